The van der Waals surface area contributed by atoms with Gasteiger partial charge in [0, 0.05) is 18.8 Å². The van der Waals surface area contributed by atoms with Crippen molar-refractivity contribution in [2.75, 3.05) is 18.0 Å². The minimum absolute atomic E-state index is 0.119. The van der Waals surface area contributed by atoms with Crippen molar-refractivity contribution in [2.24, 2.45) is 22.7 Å². The smallest absolute Gasteiger partial charge is 0.173 e. The third-order valence-corrected chi connectivity index (χ3v) is 4.03. The van der Waals surface area contributed by atoms with Gasteiger partial charge in [-0.25, -0.2) is 4.98 Å². The molecule has 0 bridgehead atoms. The zero-order valence-corrected chi connectivity index (χ0v) is 11.8. The van der Waals surface area contributed by atoms with Gasteiger partial charge in [-0.1, -0.05) is 19.0 Å². The molecule has 2 rings (SSSR count). The van der Waals surface area contributed by atoms with Gasteiger partial charge in [-0.05, 0) is 37.3 Å². The van der Waals surface area contributed by atoms with Gasteiger partial charge >= 0.3 is 0 Å². The molecular formula is C14H22N4O. The van der Waals surface area contributed by atoms with E-state index in [0.29, 0.717) is 11.5 Å². The summed E-state index contributed by atoms with van der Waals surface area (Å²) in [5.41, 5.74) is 7.39. The number of rotatable bonds is 2. The molecular weight excluding hydrogens is 240 g/mol. The van der Waals surface area contributed by atoms with E-state index in [4.69, 9.17) is 10.9 Å². The first kappa shape index (κ1) is 13.6. The van der Waals surface area contributed by atoms with E-state index in [0.717, 1.165) is 36.9 Å². The summed E-state index contributed by atoms with van der Waals surface area (Å²) in [6, 6.07) is 3.75. The largest absolute Gasteiger partial charge is 0.409 e. The average molecular weight is 262 g/mol. The molecule has 1 saturated heterocycles. The van der Waals surface area contributed by atoms with Gasteiger partial charge in [0.15, 0.2) is 5.84 Å². The molecule has 5 heteroatoms. The monoisotopic (exact) mass is 262 g/mol. The fourth-order valence-corrected chi connectivity index (χ4v) is 2.49. The van der Waals surface area contributed by atoms with Crippen LogP contribution in [0, 0.1) is 18.8 Å². The van der Waals surface area contributed by atoms with E-state index in [1.807, 2.05) is 19.1 Å². The van der Waals surface area contributed by atoms with Crippen molar-refractivity contribution in [3.63, 3.8) is 0 Å². The highest BCUT2D eigenvalue weighted by molar-refractivity contribution is 6.01. The molecule has 0 saturated carbocycles. The van der Waals surface area contributed by atoms with Crippen LogP contribution in [-0.2, 0) is 0 Å². The van der Waals surface area contributed by atoms with Crippen LogP contribution in [0.15, 0.2) is 17.3 Å². The molecule has 1 fully saturated rings. The molecule has 104 valence electrons. The number of nitrogens with zero attached hydrogens (tertiary/aromatic N) is 3. The van der Waals surface area contributed by atoms with Crippen molar-refractivity contribution in [2.45, 2.75) is 27.2 Å². The Kier molecular flexibility index (Phi) is 3.93. The number of hydrogen-bond donors (Lipinski definition) is 2. The van der Waals surface area contributed by atoms with Crippen molar-refractivity contribution >= 4 is 11.7 Å². The lowest BCUT2D eigenvalue weighted by atomic mass is 9.88. The van der Waals surface area contributed by atoms with E-state index >= 15 is 0 Å². The topological polar surface area (TPSA) is 74.7 Å². The number of aromatic nitrogens is 1. The van der Waals surface area contributed by atoms with Gasteiger partial charge in [-0.15, -0.1) is 0 Å². The number of pyridine rings is 1. The van der Waals surface area contributed by atoms with Gasteiger partial charge in [0.25, 0.3) is 0 Å². The van der Waals surface area contributed by atoms with E-state index in [1.54, 1.807) is 0 Å². The number of hydrogen-bond acceptors (Lipinski definition) is 4. The Labute approximate surface area is 114 Å². The number of amidine groups is 1. The Morgan fingerprint density at radius 2 is 2.16 bits per heavy atom. The first-order valence-electron chi connectivity index (χ1n) is 6.73. The summed E-state index contributed by atoms with van der Waals surface area (Å²) < 4.78 is 0. The van der Waals surface area contributed by atoms with E-state index < -0.39 is 0 Å². The molecule has 0 aliphatic carbocycles. The second-order valence-corrected chi connectivity index (χ2v) is 5.50. The summed E-state index contributed by atoms with van der Waals surface area (Å²) in [7, 11) is 0. The molecule has 1 aromatic heterocycles. The van der Waals surface area contributed by atoms with Gasteiger partial charge in [0.2, 0.25) is 0 Å². The molecule has 2 atom stereocenters. The molecule has 0 spiro atoms. The van der Waals surface area contributed by atoms with Crippen LogP contribution in [-0.4, -0.2) is 29.1 Å². The quantitative estimate of drug-likeness (QED) is 0.370. The fraction of sp³-hybridized carbons (Fsp3) is 0.571. The lowest BCUT2D eigenvalue weighted by molar-refractivity contribution is 0.318. The van der Waals surface area contributed by atoms with Crippen LogP contribution in [0.2, 0.25) is 0 Å². The van der Waals surface area contributed by atoms with Crippen LogP contribution in [0.5, 0.6) is 0 Å². The number of anilines is 1. The first-order chi connectivity index (χ1) is 9.02. The SMILES string of the molecule is Cc1ccc(/C(N)=N/O)c(N2CCC(C)C(C)C2)n1. The summed E-state index contributed by atoms with van der Waals surface area (Å²) in [6.45, 7) is 8.43. The standard InChI is InChI=1S/C14H22N4O/c1-9-6-7-18(8-10(9)2)14-12(13(15)17-19)5-4-11(3)16-14/h4-5,9-10,19H,6-8H2,1-3H3,(H2,15,17). The molecule has 2 unspecified atom stereocenters. The van der Waals surface area contributed by atoms with Crippen LogP contribution in [0.3, 0.4) is 0 Å². The van der Waals surface area contributed by atoms with Crippen molar-refractivity contribution in [3.8, 4) is 0 Å². The number of oxime groups is 1. The molecule has 2 heterocycles. The van der Waals surface area contributed by atoms with Crippen molar-refractivity contribution < 1.29 is 5.21 Å². The lowest BCUT2D eigenvalue weighted by Crippen LogP contribution is -2.40. The minimum atomic E-state index is 0.119. The summed E-state index contributed by atoms with van der Waals surface area (Å²) in [5, 5.41) is 12.0. The Hall–Kier alpha value is -1.78. The zero-order chi connectivity index (χ0) is 14.0. The Bertz CT molecular complexity index is 486. The van der Waals surface area contributed by atoms with Crippen LogP contribution < -0.4 is 10.6 Å². The summed E-state index contributed by atoms with van der Waals surface area (Å²) in [4.78, 5) is 6.82. The zero-order valence-electron chi connectivity index (χ0n) is 11.8. The van der Waals surface area contributed by atoms with E-state index in [-0.39, 0.29) is 5.84 Å². The maximum absolute atomic E-state index is 8.89. The van der Waals surface area contributed by atoms with Crippen LogP contribution in [0.25, 0.3) is 0 Å². The minimum Gasteiger partial charge on any atom is -0.409 e. The van der Waals surface area contributed by atoms with Crippen molar-refractivity contribution in [1.82, 2.24) is 4.98 Å². The van der Waals surface area contributed by atoms with Crippen molar-refractivity contribution in [1.29, 1.82) is 0 Å². The maximum atomic E-state index is 8.89. The molecule has 19 heavy (non-hydrogen) atoms. The second-order valence-electron chi connectivity index (χ2n) is 5.50. The Balaban J connectivity index is 2.35. The molecule has 3 N–H and O–H groups in total. The van der Waals surface area contributed by atoms with Crippen LogP contribution in [0.1, 0.15) is 31.5 Å². The highest BCUT2D eigenvalue weighted by Crippen LogP contribution is 2.28. The van der Waals surface area contributed by atoms with E-state index in [9.17, 15) is 0 Å². The summed E-state index contributed by atoms with van der Waals surface area (Å²) >= 11 is 0. The molecule has 0 aromatic carbocycles. The summed E-state index contributed by atoms with van der Waals surface area (Å²) in [5.74, 6) is 2.30. The van der Waals surface area contributed by atoms with Crippen molar-refractivity contribution in [3.05, 3.63) is 23.4 Å². The van der Waals surface area contributed by atoms with E-state index in [1.165, 1.54) is 0 Å². The predicted octanol–water partition coefficient (Wildman–Crippen LogP) is 1.97. The molecule has 0 amide bonds. The number of nitrogens with two attached hydrogens (primary N) is 1. The van der Waals surface area contributed by atoms with Gasteiger partial charge in [-0.2, -0.15) is 0 Å². The summed E-state index contributed by atoms with van der Waals surface area (Å²) in [6.07, 6.45) is 1.15. The first-order valence-corrected chi connectivity index (χ1v) is 6.73. The molecule has 1 aliphatic rings. The Morgan fingerprint density at radius 1 is 1.42 bits per heavy atom. The van der Waals surface area contributed by atoms with Gasteiger partial charge in [0.05, 0.1) is 5.56 Å². The van der Waals surface area contributed by atoms with Gasteiger partial charge in [0.1, 0.15) is 5.82 Å². The number of aryl methyl sites for hydroxylation is 1. The molecule has 0 radical (unpaired) electrons. The highest BCUT2D eigenvalue weighted by Gasteiger charge is 2.25. The normalized spacial score (nSPS) is 24.6. The maximum Gasteiger partial charge on any atom is 0.173 e. The van der Waals surface area contributed by atoms with Crippen LogP contribution >= 0.6 is 0 Å². The third kappa shape index (κ3) is 2.80. The van der Waals surface area contributed by atoms with Gasteiger partial charge in [-0.3, -0.25) is 0 Å². The molecule has 1 aliphatic heterocycles. The molecule has 1 aromatic rings. The Morgan fingerprint density at radius 3 is 2.79 bits per heavy atom. The molecule has 5 nitrogen and oxygen atoms in total. The predicted molar refractivity (Wildman–Crippen MR) is 76.6 cm³/mol. The number of piperidine rings is 1. The lowest BCUT2D eigenvalue weighted by Gasteiger charge is -2.36. The average Bonchev–Trinajstić information content (AvgIpc) is 2.41. The van der Waals surface area contributed by atoms with E-state index in [2.05, 4.69) is 28.9 Å². The fourth-order valence-electron chi connectivity index (χ4n) is 2.49. The second kappa shape index (κ2) is 5.47. The highest BCUT2D eigenvalue weighted by atomic mass is 16.4. The van der Waals surface area contributed by atoms with Gasteiger partial charge < -0.3 is 15.8 Å². The third-order valence-electron chi connectivity index (χ3n) is 4.03. The van der Waals surface area contributed by atoms with Crippen LogP contribution in [0.4, 0.5) is 5.82 Å².